The highest BCUT2D eigenvalue weighted by Crippen LogP contribution is 2.28. The van der Waals surface area contributed by atoms with Crippen LogP contribution in [0, 0.1) is 0 Å². The Morgan fingerprint density at radius 2 is 1.71 bits per heavy atom. The molecule has 0 fully saturated rings. The smallest absolute Gasteiger partial charge is 0.113 e. The summed E-state index contributed by atoms with van der Waals surface area (Å²) in [7, 11) is 0. The van der Waals surface area contributed by atoms with E-state index in [9.17, 15) is 0 Å². The number of nitrogens with one attached hydrogen (secondary N) is 1. The first-order chi connectivity index (χ1) is 8.45. The van der Waals surface area contributed by atoms with Gasteiger partial charge in [-0.05, 0) is 11.3 Å². The van der Waals surface area contributed by atoms with Crippen molar-refractivity contribution in [1.29, 1.82) is 0 Å². The Balaban J connectivity index is 2.18. The molecule has 6 heteroatoms. The van der Waals surface area contributed by atoms with Gasteiger partial charge in [0.25, 0.3) is 0 Å². The minimum atomic E-state index is 0.763. The molecular formula is C11H8N6. The molecule has 2 aromatic heterocycles. The summed E-state index contributed by atoms with van der Waals surface area (Å²) < 4.78 is 0. The zero-order chi connectivity index (χ0) is 11.5. The average Bonchev–Trinajstić information content (AvgIpc) is 2.94. The van der Waals surface area contributed by atoms with Gasteiger partial charge in [0.05, 0.1) is 18.1 Å². The van der Waals surface area contributed by atoms with Crippen LogP contribution >= 0.6 is 0 Å². The molecule has 1 aromatic carbocycles. The highest BCUT2D eigenvalue weighted by molar-refractivity contribution is 5.79. The van der Waals surface area contributed by atoms with Crippen LogP contribution in [0.1, 0.15) is 0 Å². The predicted molar refractivity (Wildman–Crippen MR) is 60.6 cm³/mol. The molecule has 0 aliphatic carbocycles. The second-order valence-corrected chi connectivity index (χ2v) is 3.41. The van der Waals surface area contributed by atoms with Crippen LogP contribution in [0.5, 0.6) is 0 Å². The van der Waals surface area contributed by atoms with E-state index in [1.54, 1.807) is 12.4 Å². The van der Waals surface area contributed by atoms with E-state index in [1.807, 2.05) is 30.3 Å². The predicted octanol–water partition coefficient (Wildman–Crippen LogP) is 1.32. The van der Waals surface area contributed by atoms with Crippen LogP contribution < -0.4 is 0 Å². The minimum Gasteiger partial charge on any atom is -0.265 e. The van der Waals surface area contributed by atoms with Crippen LogP contribution in [0.4, 0.5) is 0 Å². The second kappa shape index (κ2) is 4.09. The fourth-order valence-corrected chi connectivity index (χ4v) is 1.65. The maximum absolute atomic E-state index is 4.00. The monoisotopic (exact) mass is 224 g/mol. The van der Waals surface area contributed by atoms with Crippen LogP contribution in [-0.4, -0.2) is 30.8 Å². The van der Waals surface area contributed by atoms with Gasteiger partial charge in [0.2, 0.25) is 0 Å². The van der Waals surface area contributed by atoms with E-state index in [0.717, 1.165) is 22.5 Å². The van der Waals surface area contributed by atoms with Crippen molar-refractivity contribution in [2.45, 2.75) is 0 Å². The van der Waals surface area contributed by atoms with Gasteiger partial charge in [0.15, 0.2) is 0 Å². The van der Waals surface area contributed by atoms with Crippen LogP contribution in [0.15, 0.2) is 42.7 Å². The van der Waals surface area contributed by atoms with Crippen LogP contribution in [0.2, 0.25) is 0 Å². The molecule has 1 N–H and O–H groups in total. The second-order valence-electron chi connectivity index (χ2n) is 3.41. The first kappa shape index (κ1) is 9.59. The van der Waals surface area contributed by atoms with Crippen molar-refractivity contribution in [2.24, 2.45) is 0 Å². The zero-order valence-electron chi connectivity index (χ0n) is 8.78. The lowest BCUT2D eigenvalue weighted by Gasteiger charge is -2.04. The fraction of sp³-hybridized carbons (Fsp3) is 0. The van der Waals surface area contributed by atoms with Crippen molar-refractivity contribution >= 4 is 0 Å². The van der Waals surface area contributed by atoms with E-state index in [4.69, 9.17) is 0 Å². The summed E-state index contributed by atoms with van der Waals surface area (Å²) in [5, 5.41) is 21.7. The molecule has 0 aliphatic rings. The van der Waals surface area contributed by atoms with Gasteiger partial charge in [-0.2, -0.15) is 0 Å². The Kier molecular flexibility index (Phi) is 2.31. The summed E-state index contributed by atoms with van der Waals surface area (Å²) in [4.78, 5) is 0. The Morgan fingerprint density at radius 3 is 2.35 bits per heavy atom. The van der Waals surface area contributed by atoms with Gasteiger partial charge in [-0.25, -0.2) is 0 Å². The molecule has 0 spiro atoms. The van der Waals surface area contributed by atoms with E-state index < -0.39 is 0 Å². The van der Waals surface area contributed by atoms with Gasteiger partial charge in [-0.15, -0.1) is 15.3 Å². The van der Waals surface area contributed by atoms with E-state index in [-0.39, 0.29) is 0 Å². The van der Waals surface area contributed by atoms with E-state index in [0.29, 0.717) is 0 Å². The lowest BCUT2D eigenvalue weighted by atomic mass is 10.0. The Labute approximate surface area is 96.7 Å². The Bertz CT molecular complexity index is 605. The summed E-state index contributed by atoms with van der Waals surface area (Å²) in [6.45, 7) is 0. The number of rotatable bonds is 2. The quantitative estimate of drug-likeness (QED) is 0.710. The molecule has 3 rings (SSSR count). The maximum Gasteiger partial charge on any atom is 0.113 e. The van der Waals surface area contributed by atoms with Crippen molar-refractivity contribution in [2.75, 3.05) is 0 Å². The highest BCUT2D eigenvalue weighted by atomic mass is 15.3. The third-order valence-corrected chi connectivity index (χ3v) is 2.40. The minimum absolute atomic E-state index is 0.763. The lowest BCUT2D eigenvalue weighted by Crippen LogP contribution is -1.91. The van der Waals surface area contributed by atoms with Gasteiger partial charge in [0, 0.05) is 11.1 Å². The van der Waals surface area contributed by atoms with Crippen molar-refractivity contribution in [3.8, 4) is 22.5 Å². The van der Waals surface area contributed by atoms with Crippen molar-refractivity contribution in [1.82, 2.24) is 30.8 Å². The molecule has 0 atom stereocenters. The average molecular weight is 224 g/mol. The Morgan fingerprint density at radius 1 is 0.882 bits per heavy atom. The number of hydrogen-bond acceptors (Lipinski definition) is 5. The first-order valence-corrected chi connectivity index (χ1v) is 5.06. The molecule has 0 saturated heterocycles. The number of aromatic amines is 1. The number of benzene rings is 1. The molecule has 6 nitrogen and oxygen atoms in total. The van der Waals surface area contributed by atoms with Gasteiger partial charge in [0.1, 0.15) is 5.69 Å². The number of H-pyrrole nitrogens is 1. The highest BCUT2D eigenvalue weighted by Gasteiger charge is 2.09. The molecule has 17 heavy (non-hydrogen) atoms. The summed E-state index contributed by atoms with van der Waals surface area (Å²) in [5.41, 5.74) is 3.45. The zero-order valence-corrected chi connectivity index (χ0v) is 8.78. The number of nitrogens with zero attached hydrogens (tertiary/aromatic N) is 5. The molecular weight excluding hydrogens is 216 g/mol. The van der Waals surface area contributed by atoms with Crippen LogP contribution in [-0.2, 0) is 0 Å². The molecule has 0 unspecified atom stereocenters. The van der Waals surface area contributed by atoms with E-state index in [2.05, 4.69) is 30.8 Å². The SMILES string of the molecule is c1ccc(-c2c[nH]nn2)c(-c2ccnnn2)c1. The van der Waals surface area contributed by atoms with Gasteiger partial charge >= 0.3 is 0 Å². The molecule has 0 radical (unpaired) electrons. The molecule has 82 valence electrons. The van der Waals surface area contributed by atoms with Crippen LogP contribution in [0.25, 0.3) is 22.5 Å². The lowest BCUT2D eigenvalue weighted by molar-refractivity contribution is 0.870. The van der Waals surface area contributed by atoms with Gasteiger partial charge < -0.3 is 0 Å². The van der Waals surface area contributed by atoms with Crippen molar-refractivity contribution < 1.29 is 0 Å². The molecule has 0 saturated carbocycles. The molecule has 3 aromatic rings. The summed E-state index contributed by atoms with van der Waals surface area (Å²) >= 11 is 0. The topological polar surface area (TPSA) is 80.2 Å². The normalized spacial score (nSPS) is 10.4. The maximum atomic E-state index is 4.00. The van der Waals surface area contributed by atoms with Gasteiger partial charge in [-0.3, -0.25) is 5.10 Å². The third kappa shape index (κ3) is 1.76. The standard InChI is InChI=1S/C11H8N6/c1-2-4-9(11-7-13-17-15-11)8(3-1)10-5-6-12-16-14-10/h1-7H,(H,13,15,17). The van der Waals surface area contributed by atoms with Crippen molar-refractivity contribution in [3.63, 3.8) is 0 Å². The third-order valence-electron chi connectivity index (χ3n) is 2.40. The molecule has 0 bridgehead atoms. The van der Waals surface area contributed by atoms with E-state index in [1.165, 1.54) is 0 Å². The molecule has 0 aliphatic heterocycles. The first-order valence-electron chi connectivity index (χ1n) is 5.06. The fourth-order valence-electron chi connectivity index (χ4n) is 1.65. The van der Waals surface area contributed by atoms with Crippen molar-refractivity contribution in [3.05, 3.63) is 42.7 Å². The van der Waals surface area contributed by atoms with Gasteiger partial charge in [-0.1, -0.05) is 29.5 Å². The molecule has 2 heterocycles. The number of hydrogen-bond donors (Lipinski definition) is 1. The van der Waals surface area contributed by atoms with E-state index >= 15 is 0 Å². The largest absolute Gasteiger partial charge is 0.265 e. The summed E-state index contributed by atoms with van der Waals surface area (Å²) in [6, 6.07) is 9.64. The summed E-state index contributed by atoms with van der Waals surface area (Å²) in [6.07, 6.45) is 3.36. The number of aromatic nitrogens is 6. The van der Waals surface area contributed by atoms with Crippen LogP contribution in [0.3, 0.4) is 0 Å². The Hall–Kier alpha value is -2.63. The summed E-state index contributed by atoms with van der Waals surface area (Å²) in [5.74, 6) is 0. The molecule has 0 amide bonds.